The lowest BCUT2D eigenvalue weighted by molar-refractivity contribution is 0.142. The summed E-state index contributed by atoms with van der Waals surface area (Å²) in [7, 11) is 0. The normalized spacial score (nSPS) is 29.2. The van der Waals surface area contributed by atoms with Crippen LogP contribution in [-0.4, -0.2) is 28.0 Å². The van der Waals surface area contributed by atoms with Crippen LogP contribution >= 0.6 is 22.6 Å². The summed E-state index contributed by atoms with van der Waals surface area (Å²) in [6.07, 6.45) is 2.84. The molecule has 0 N–H and O–H groups in total. The van der Waals surface area contributed by atoms with Crippen molar-refractivity contribution in [3.05, 3.63) is 0 Å². The van der Waals surface area contributed by atoms with Gasteiger partial charge in [0, 0.05) is 16.5 Å². The second-order valence-corrected chi connectivity index (χ2v) is 6.13. The highest BCUT2D eigenvalue weighted by Crippen LogP contribution is 2.25. The molecule has 1 fully saturated rings. The standard InChI is InChI=1S/C10H20IN/c1-8(2)12-6-4-5-10(7-12)9(3)11/h8-10H,4-7H2,1-3H3. The van der Waals surface area contributed by atoms with Crippen LogP contribution in [0.15, 0.2) is 0 Å². The first-order valence-corrected chi connectivity index (χ1v) is 6.24. The van der Waals surface area contributed by atoms with Crippen LogP contribution in [0.5, 0.6) is 0 Å². The number of likely N-dealkylation sites (tertiary alicyclic amines) is 1. The second-order valence-electron chi connectivity index (χ2n) is 4.17. The number of halogens is 1. The first-order valence-electron chi connectivity index (χ1n) is 4.99. The van der Waals surface area contributed by atoms with Crippen molar-refractivity contribution in [2.75, 3.05) is 13.1 Å². The van der Waals surface area contributed by atoms with Crippen molar-refractivity contribution in [3.63, 3.8) is 0 Å². The number of hydrogen-bond donors (Lipinski definition) is 0. The van der Waals surface area contributed by atoms with E-state index in [0.29, 0.717) is 0 Å². The lowest BCUT2D eigenvalue weighted by atomic mass is 9.95. The second kappa shape index (κ2) is 4.80. The van der Waals surface area contributed by atoms with E-state index in [4.69, 9.17) is 0 Å². The average molecular weight is 281 g/mol. The monoisotopic (exact) mass is 281 g/mol. The Morgan fingerprint density at radius 3 is 2.50 bits per heavy atom. The first-order chi connectivity index (χ1) is 5.61. The molecule has 0 saturated carbocycles. The minimum absolute atomic E-state index is 0.739. The van der Waals surface area contributed by atoms with E-state index in [1.165, 1.54) is 25.9 Å². The van der Waals surface area contributed by atoms with Gasteiger partial charge in [-0.1, -0.05) is 29.5 Å². The number of rotatable bonds is 2. The minimum Gasteiger partial charge on any atom is -0.301 e. The van der Waals surface area contributed by atoms with E-state index in [2.05, 4.69) is 48.3 Å². The highest BCUT2D eigenvalue weighted by atomic mass is 127. The lowest BCUT2D eigenvalue weighted by Crippen LogP contribution is -2.41. The Kier molecular flexibility index (Phi) is 4.30. The summed E-state index contributed by atoms with van der Waals surface area (Å²) >= 11 is 2.57. The molecule has 0 aromatic heterocycles. The number of hydrogen-bond acceptors (Lipinski definition) is 1. The lowest BCUT2D eigenvalue weighted by Gasteiger charge is -2.36. The smallest absolute Gasteiger partial charge is 0.0122 e. The van der Waals surface area contributed by atoms with Crippen molar-refractivity contribution in [2.24, 2.45) is 5.92 Å². The Balaban J connectivity index is 2.40. The number of nitrogens with zero attached hydrogens (tertiary/aromatic N) is 1. The Bertz CT molecular complexity index is 120. The predicted molar refractivity (Wildman–Crippen MR) is 62.9 cm³/mol. The first kappa shape index (κ1) is 10.8. The SMILES string of the molecule is CC(I)C1CCCN(C(C)C)C1. The fourth-order valence-corrected chi connectivity index (χ4v) is 2.47. The van der Waals surface area contributed by atoms with Crippen molar-refractivity contribution in [2.45, 2.75) is 43.6 Å². The van der Waals surface area contributed by atoms with E-state index < -0.39 is 0 Å². The van der Waals surface area contributed by atoms with Gasteiger partial charge >= 0.3 is 0 Å². The maximum absolute atomic E-state index is 2.61. The van der Waals surface area contributed by atoms with Crippen LogP contribution in [0.2, 0.25) is 0 Å². The summed E-state index contributed by atoms with van der Waals surface area (Å²) in [6, 6.07) is 0.739. The minimum atomic E-state index is 0.739. The van der Waals surface area contributed by atoms with E-state index in [9.17, 15) is 0 Å². The van der Waals surface area contributed by atoms with Gasteiger partial charge in [0.15, 0.2) is 0 Å². The summed E-state index contributed by atoms with van der Waals surface area (Å²) in [5.74, 6) is 0.932. The van der Waals surface area contributed by atoms with Gasteiger partial charge in [-0.15, -0.1) is 0 Å². The van der Waals surface area contributed by atoms with Gasteiger partial charge in [0.1, 0.15) is 0 Å². The summed E-state index contributed by atoms with van der Waals surface area (Å²) < 4.78 is 0.837. The van der Waals surface area contributed by atoms with E-state index in [1.54, 1.807) is 0 Å². The van der Waals surface area contributed by atoms with Gasteiger partial charge in [-0.2, -0.15) is 0 Å². The average Bonchev–Trinajstić information content (AvgIpc) is 2.04. The molecule has 2 atom stereocenters. The molecule has 0 bridgehead atoms. The third kappa shape index (κ3) is 2.87. The fourth-order valence-electron chi connectivity index (χ4n) is 1.88. The molecule has 12 heavy (non-hydrogen) atoms. The van der Waals surface area contributed by atoms with E-state index in [0.717, 1.165) is 15.9 Å². The van der Waals surface area contributed by atoms with Gasteiger partial charge in [-0.3, -0.25) is 0 Å². The summed E-state index contributed by atoms with van der Waals surface area (Å²) in [5, 5.41) is 0. The number of piperidine rings is 1. The molecule has 0 radical (unpaired) electrons. The summed E-state index contributed by atoms with van der Waals surface area (Å²) in [6.45, 7) is 9.59. The van der Waals surface area contributed by atoms with Crippen LogP contribution in [0.3, 0.4) is 0 Å². The van der Waals surface area contributed by atoms with Gasteiger partial charge in [-0.25, -0.2) is 0 Å². The molecule has 2 unspecified atom stereocenters. The third-order valence-corrected chi connectivity index (χ3v) is 3.89. The molecule has 1 aliphatic rings. The Morgan fingerprint density at radius 1 is 1.33 bits per heavy atom. The molecule has 1 heterocycles. The molecule has 2 heteroatoms. The highest BCUT2D eigenvalue weighted by Gasteiger charge is 2.24. The van der Waals surface area contributed by atoms with Crippen molar-refractivity contribution >= 4 is 22.6 Å². The quantitative estimate of drug-likeness (QED) is 0.555. The van der Waals surface area contributed by atoms with Gasteiger partial charge in [0.05, 0.1) is 0 Å². The van der Waals surface area contributed by atoms with Crippen molar-refractivity contribution < 1.29 is 0 Å². The Morgan fingerprint density at radius 2 is 2.00 bits per heavy atom. The molecule has 1 nitrogen and oxygen atoms in total. The zero-order valence-electron chi connectivity index (χ0n) is 8.39. The maximum Gasteiger partial charge on any atom is 0.0122 e. The topological polar surface area (TPSA) is 3.24 Å². The molecular formula is C10H20IN. The fraction of sp³-hybridized carbons (Fsp3) is 1.00. The zero-order chi connectivity index (χ0) is 9.14. The van der Waals surface area contributed by atoms with Crippen LogP contribution in [-0.2, 0) is 0 Å². The third-order valence-electron chi connectivity index (χ3n) is 2.87. The molecular weight excluding hydrogens is 261 g/mol. The van der Waals surface area contributed by atoms with Crippen molar-refractivity contribution in [3.8, 4) is 0 Å². The molecule has 1 rings (SSSR count). The molecule has 1 aliphatic heterocycles. The Labute approximate surface area is 90.0 Å². The van der Waals surface area contributed by atoms with E-state index >= 15 is 0 Å². The molecule has 1 saturated heterocycles. The van der Waals surface area contributed by atoms with Crippen LogP contribution < -0.4 is 0 Å². The van der Waals surface area contributed by atoms with Crippen LogP contribution in [0.4, 0.5) is 0 Å². The molecule has 72 valence electrons. The highest BCUT2D eigenvalue weighted by molar-refractivity contribution is 14.1. The van der Waals surface area contributed by atoms with Gasteiger partial charge in [0.25, 0.3) is 0 Å². The summed E-state index contributed by atoms with van der Waals surface area (Å²) in [5.41, 5.74) is 0. The van der Waals surface area contributed by atoms with Gasteiger partial charge in [-0.05, 0) is 39.2 Å². The molecule has 0 aliphatic carbocycles. The predicted octanol–water partition coefficient (Wildman–Crippen LogP) is 2.93. The van der Waals surface area contributed by atoms with Crippen LogP contribution in [0.1, 0.15) is 33.6 Å². The van der Waals surface area contributed by atoms with Crippen molar-refractivity contribution in [1.29, 1.82) is 0 Å². The van der Waals surface area contributed by atoms with Crippen LogP contribution in [0, 0.1) is 5.92 Å². The largest absolute Gasteiger partial charge is 0.301 e. The molecule has 0 aromatic carbocycles. The Hall–Kier alpha value is 0.690. The molecule has 0 aromatic rings. The van der Waals surface area contributed by atoms with E-state index in [1.807, 2.05) is 0 Å². The molecule has 0 amide bonds. The summed E-state index contributed by atoms with van der Waals surface area (Å²) in [4.78, 5) is 2.61. The van der Waals surface area contributed by atoms with Gasteiger partial charge < -0.3 is 4.90 Å². The zero-order valence-corrected chi connectivity index (χ0v) is 10.5. The molecule has 0 spiro atoms. The van der Waals surface area contributed by atoms with Crippen LogP contribution in [0.25, 0.3) is 0 Å². The maximum atomic E-state index is 2.61. The van der Waals surface area contributed by atoms with Gasteiger partial charge in [0.2, 0.25) is 0 Å². The number of alkyl halides is 1. The van der Waals surface area contributed by atoms with Crippen molar-refractivity contribution in [1.82, 2.24) is 4.90 Å². The van der Waals surface area contributed by atoms with E-state index in [-0.39, 0.29) is 0 Å².